The Bertz CT molecular complexity index is 373. The van der Waals surface area contributed by atoms with E-state index in [-0.39, 0.29) is 5.91 Å². The summed E-state index contributed by atoms with van der Waals surface area (Å²) in [7, 11) is 0. The van der Waals surface area contributed by atoms with Crippen molar-refractivity contribution in [3.8, 4) is 0 Å². The molecular weight excluding hydrogens is 250 g/mol. The van der Waals surface area contributed by atoms with Gasteiger partial charge in [0.05, 0.1) is 5.54 Å². The molecule has 4 nitrogen and oxygen atoms in total. The summed E-state index contributed by atoms with van der Waals surface area (Å²) in [5.74, 6) is 0.691. The van der Waals surface area contributed by atoms with Crippen LogP contribution in [-0.2, 0) is 4.79 Å². The van der Waals surface area contributed by atoms with Gasteiger partial charge in [-0.25, -0.2) is 0 Å². The van der Waals surface area contributed by atoms with Crippen molar-refractivity contribution < 1.29 is 4.79 Å². The quantitative estimate of drug-likeness (QED) is 0.808. The molecule has 1 aliphatic carbocycles. The highest BCUT2D eigenvalue weighted by atomic mass is 16.2. The molecule has 3 N–H and O–H groups in total. The van der Waals surface area contributed by atoms with Crippen LogP contribution in [0.1, 0.15) is 58.3 Å². The zero-order chi connectivity index (χ0) is 14.2. The van der Waals surface area contributed by atoms with Crippen LogP contribution in [0.2, 0.25) is 0 Å². The van der Waals surface area contributed by atoms with Crippen LogP contribution >= 0.6 is 0 Å². The van der Waals surface area contributed by atoms with Gasteiger partial charge < -0.3 is 16.0 Å². The molecule has 114 valence electrons. The van der Waals surface area contributed by atoms with Crippen LogP contribution in [0, 0.1) is 5.92 Å². The van der Waals surface area contributed by atoms with Crippen molar-refractivity contribution in [3.05, 3.63) is 0 Å². The predicted octanol–water partition coefficient (Wildman–Crippen LogP) is 1.64. The van der Waals surface area contributed by atoms with Gasteiger partial charge in [-0.3, -0.25) is 4.79 Å². The van der Waals surface area contributed by atoms with Crippen molar-refractivity contribution in [2.45, 2.75) is 75.9 Å². The number of carbonyl (C=O) groups is 1. The molecule has 4 heteroatoms. The van der Waals surface area contributed by atoms with E-state index >= 15 is 0 Å². The monoisotopic (exact) mass is 279 g/mol. The molecule has 3 rings (SSSR count). The molecule has 0 bridgehead atoms. The SMILES string of the molecule is CC1CCCC(N)(C(=O)NC2CCN3CCCC3C2)C1. The van der Waals surface area contributed by atoms with Crippen molar-refractivity contribution in [2.75, 3.05) is 13.1 Å². The maximum Gasteiger partial charge on any atom is 0.240 e. The first-order chi connectivity index (χ1) is 9.57. The first-order valence-electron chi connectivity index (χ1n) is 8.41. The number of rotatable bonds is 2. The number of fused-ring (bicyclic) bond motifs is 1. The van der Waals surface area contributed by atoms with Gasteiger partial charge in [0.2, 0.25) is 5.91 Å². The molecule has 2 saturated heterocycles. The maximum atomic E-state index is 12.6. The van der Waals surface area contributed by atoms with Gasteiger partial charge in [0, 0.05) is 18.6 Å². The minimum absolute atomic E-state index is 0.112. The number of piperidine rings is 1. The Labute approximate surface area is 122 Å². The van der Waals surface area contributed by atoms with Crippen LogP contribution < -0.4 is 11.1 Å². The van der Waals surface area contributed by atoms with Crippen molar-refractivity contribution in [1.29, 1.82) is 0 Å². The van der Waals surface area contributed by atoms with Crippen LogP contribution in [-0.4, -0.2) is 41.5 Å². The summed E-state index contributed by atoms with van der Waals surface area (Å²) in [5, 5.41) is 3.27. The number of nitrogens with two attached hydrogens (primary N) is 1. The van der Waals surface area contributed by atoms with E-state index < -0.39 is 5.54 Å². The lowest BCUT2D eigenvalue weighted by atomic mass is 9.76. The third-order valence-corrected chi connectivity index (χ3v) is 5.64. The minimum Gasteiger partial charge on any atom is -0.352 e. The number of hydrogen-bond acceptors (Lipinski definition) is 3. The predicted molar refractivity (Wildman–Crippen MR) is 80.3 cm³/mol. The second-order valence-electron chi connectivity index (χ2n) is 7.38. The lowest BCUT2D eigenvalue weighted by Gasteiger charge is -2.39. The standard InChI is InChI=1S/C16H29N3O/c1-12-4-2-7-16(17,11-12)15(20)18-13-6-9-19-8-3-5-14(19)10-13/h12-14H,2-11,17H2,1H3,(H,18,20). The van der Waals surface area contributed by atoms with Crippen molar-refractivity contribution in [2.24, 2.45) is 11.7 Å². The van der Waals surface area contributed by atoms with Crippen molar-refractivity contribution in [1.82, 2.24) is 10.2 Å². The lowest BCUT2D eigenvalue weighted by Crippen LogP contribution is -2.59. The topological polar surface area (TPSA) is 58.4 Å². The second kappa shape index (κ2) is 5.64. The number of amides is 1. The third-order valence-electron chi connectivity index (χ3n) is 5.64. The normalized spacial score (nSPS) is 42.2. The third kappa shape index (κ3) is 2.86. The molecule has 0 aromatic carbocycles. The Morgan fingerprint density at radius 1 is 1.25 bits per heavy atom. The second-order valence-corrected chi connectivity index (χ2v) is 7.38. The van der Waals surface area contributed by atoms with Gasteiger partial charge in [-0.1, -0.05) is 19.8 Å². The van der Waals surface area contributed by atoms with Crippen LogP contribution in [0.3, 0.4) is 0 Å². The number of nitrogens with one attached hydrogen (secondary N) is 1. The summed E-state index contributed by atoms with van der Waals surface area (Å²) >= 11 is 0. The molecule has 3 fully saturated rings. The zero-order valence-corrected chi connectivity index (χ0v) is 12.7. The molecule has 0 aromatic heterocycles. The molecule has 1 amide bonds. The van der Waals surface area contributed by atoms with Crippen LogP contribution in [0.5, 0.6) is 0 Å². The molecule has 3 aliphatic rings. The summed E-state index contributed by atoms with van der Waals surface area (Å²) in [6.45, 7) is 4.61. The lowest BCUT2D eigenvalue weighted by molar-refractivity contribution is -0.129. The first-order valence-corrected chi connectivity index (χ1v) is 8.41. The van der Waals surface area contributed by atoms with E-state index in [1.54, 1.807) is 0 Å². The summed E-state index contributed by atoms with van der Waals surface area (Å²) < 4.78 is 0. The zero-order valence-electron chi connectivity index (χ0n) is 12.7. The van der Waals surface area contributed by atoms with Gasteiger partial charge in [-0.15, -0.1) is 0 Å². The summed E-state index contributed by atoms with van der Waals surface area (Å²) in [5.41, 5.74) is 5.79. The Morgan fingerprint density at radius 3 is 2.90 bits per heavy atom. The molecule has 2 heterocycles. The minimum atomic E-state index is -0.607. The van der Waals surface area contributed by atoms with E-state index in [1.807, 2.05) is 0 Å². The molecule has 2 aliphatic heterocycles. The fourth-order valence-electron chi connectivity index (χ4n) is 4.48. The van der Waals surface area contributed by atoms with E-state index in [2.05, 4.69) is 17.1 Å². The fraction of sp³-hybridized carbons (Fsp3) is 0.938. The molecular formula is C16H29N3O. The summed E-state index contributed by atoms with van der Waals surface area (Å²) in [6, 6.07) is 1.05. The molecule has 4 unspecified atom stereocenters. The number of nitrogens with zero attached hydrogens (tertiary/aromatic N) is 1. The Kier molecular flexibility index (Phi) is 4.04. The molecule has 4 atom stereocenters. The summed E-state index contributed by atoms with van der Waals surface area (Å²) in [6.07, 6.45) is 8.84. The van der Waals surface area contributed by atoms with E-state index in [0.717, 1.165) is 38.6 Å². The van der Waals surface area contributed by atoms with Gasteiger partial charge in [0.25, 0.3) is 0 Å². The largest absolute Gasteiger partial charge is 0.352 e. The molecule has 0 aromatic rings. The van der Waals surface area contributed by atoms with Crippen LogP contribution in [0.15, 0.2) is 0 Å². The van der Waals surface area contributed by atoms with Crippen molar-refractivity contribution >= 4 is 5.91 Å². The van der Waals surface area contributed by atoms with E-state index in [9.17, 15) is 4.79 Å². The first kappa shape index (κ1) is 14.3. The number of hydrogen-bond donors (Lipinski definition) is 2. The molecule has 20 heavy (non-hydrogen) atoms. The molecule has 0 spiro atoms. The van der Waals surface area contributed by atoms with E-state index in [4.69, 9.17) is 5.73 Å². The fourth-order valence-corrected chi connectivity index (χ4v) is 4.48. The average Bonchev–Trinajstić information content (AvgIpc) is 2.85. The van der Waals surface area contributed by atoms with Gasteiger partial charge in [-0.2, -0.15) is 0 Å². The van der Waals surface area contributed by atoms with Crippen LogP contribution in [0.4, 0.5) is 0 Å². The van der Waals surface area contributed by atoms with Gasteiger partial charge in [0.1, 0.15) is 0 Å². The molecule has 0 radical (unpaired) electrons. The van der Waals surface area contributed by atoms with Gasteiger partial charge in [0.15, 0.2) is 0 Å². The van der Waals surface area contributed by atoms with Gasteiger partial charge in [-0.05, 0) is 51.0 Å². The number of carbonyl (C=O) groups excluding carboxylic acids is 1. The molecule has 1 saturated carbocycles. The van der Waals surface area contributed by atoms with E-state index in [0.29, 0.717) is 18.0 Å². The average molecular weight is 279 g/mol. The van der Waals surface area contributed by atoms with Crippen molar-refractivity contribution in [3.63, 3.8) is 0 Å². The smallest absolute Gasteiger partial charge is 0.240 e. The Morgan fingerprint density at radius 2 is 2.10 bits per heavy atom. The highest BCUT2D eigenvalue weighted by Gasteiger charge is 2.40. The Balaban J connectivity index is 1.56. The highest BCUT2D eigenvalue weighted by molar-refractivity contribution is 5.86. The van der Waals surface area contributed by atoms with Crippen LogP contribution in [0.25, 0.3) is 0 Å². The van der Waals surface area contributed by atoms with Gasteiger partial charge >= 0.3 is 0 Å². The highest BCUT2D eigenvalue weighted by Crippen LogP contribution is 2.32. The summed E-state index contributed by atoms with van der Waals surface area (Å²) in [4.78, 5) is 15.2. The van der Waals surface area contributed by atoms with E-state index in [1.165, 1.54) is 25.8 Å². The maximum absolute atomic E-state index is 12.6. The Hall–Kier alpha value is -0.610.